The molecule has 1 aromatic carbocycles. The molecule has 1 heterocycles. The number of aromatic nitrogens is 3. The summed E-state index contributed by atoms with van der Waals surface area (Å²) in [4.78, 5) is 4.19. The van der Waals surface area contributed by atoms with Crippen molar-refractivity contribution < 1.29 is 13.5 Å². The average molecular weight is 296 g/mol. The van der Waals surface area contributed by atoms with Crippen LogP contribution in [0.1, 0.15) is 30.8 Å². The van der Waals surface area contributed by atoms with Crippen molar-refractivity contribution in [3.63, 3.8) is 0 Å². The molecule has 7 heteroatoms. The van der Waals surface area contributed by atoms with Gasteiger partial charge in [0.1, 0.15) is 17.9 Å². The summed E-state index contributed by atoms with van der Waals surface area (Å²) in [6.45, 7) is -0.0169. The fourth-order valence-corrected chi connectivity index (χ4v) is 2.08. The molecule has 21 heavy (non-hydrogen) atoms. The largest absolute Gasteiger partial charge is 0.435 e. The highest BCUT2D eigenvalue weighted by atomic mass is 19.3. The Hall–Kier alpha value is -2.02. The molecule has 5 nitrogen and oxygen atoms in total. The van der Waals surface area contributed by atoms with Gasteiger partial charge in [-0.3, -0.25) is 4.68 Å². The van der Waals surface area contributed by atoms with E-state index in [1.54, 1.807) is 16.8 Å². The highest BCUT2D eigenvalue weighted by Gasteiger charge is 2.13. The van der Waals surface area contributed by atoms with Gasteiger partial charge in [-0.05, 0) is 24.1 Å². The zero-order valence-corrected chi connectivity index (χ0v) is 11.7. The van der Waals surface area contributed by atoms with Gasteiger partial charge in [0, 0.05) is 19.0 Å². The number of alkyl halides is 2. The van der Waals surface area contributed by atoms with E-state index in [1.807, 2.05) is 0 Å². The summed E-state index contributed by atoms with van der Waals surface area (Å²) in [5, 5.41) is 4.14. The van der Waals surface area contributed by atoms with Gasteiger partial charge in [-0.2, -0.15) is 13.9 Å². The average Bonchev–Trinajstić information content (AvgIpc) is 2.86. The Morgan fingerprint density at radius 2 is 2.19 bits per heavy atom. The fourth-order valence-electron chi connectivity index (χ4n) is 2.08. The first-order valence-electron chi connectivity index (χ1n) is 6.77. The van der Waals surface area contributed by atoms with Gasteiger partial charge in [-0.15, -0.1) is 0 Å². The summed E-state index contributed by atoms with van der Waals surface area (Å²) in [5.74, 6) is 0.887. The molecule has 0 aliphatic heterocycles. The molecule has 0 fully saturated rings. The van der Waals surface area contributed by atoms with E-state index in [2.05, 4.69) is 21.7 Å². The molecular weight excluding hydrogens is 278 g/mol. The molecule has 1 atom stereocenters. The van der Waals surface area contributed by atoms with Gasteiger partial charge in [0.05, 0.1) is 0 Å². The van der Waals surface area contributed by atoms with Crippen LogP contribution in [0.15, 0.2) is 30.6 Å². The van der Waals surface area contributed by atoms with E-state index in [0.717, 1.165) is 24.4 Å². The minimum Gasteiger partial charge on any atom is -0.435 e. The second-order valence-electron chi connectivity index (χ2n) is 4.66. The quantitative estimate of drug-likeness (QED) is 0.852. The number of rotatable bonds is 7. The molecule has 1 unspecified atom stereocenters. The van der Waals surface area contributed by atoms with E-state index in [4.69, 9.17) is 5.73 Å². The SMILES string of the molecule is CCCn1ncnc1CC(N)c1cccc(OC(F)F)c1. The van der Waals surface area contributed by atoms with Crippen LogP contribution < -0.4 is 10.5 Å². The van der Waals surface area contributed by atoms with E-state index >= 15 is 0 Å². The first kappa shape index (κ1) is 15.4. The number of hydrogen-bond donors (Lipinski definition) is 1. The van der Waals surface area contributed by atoms with Crippen molar-refractivity contribution in [1.29, 1.82) is 0 Å². The maximum Gasteiger partial charge on any atom is 0.387 e. The topological polar surface area (TPSA) is 66.0 Å². The number of nitrogens with zero attached hydrogens (tertiary/aromatic N) is 3. The normalized spacial score (nSPS) is 12.6. The summed E-state index contributed by atoms with van der Waals surface area (Å²) < 4.78 is 30.6. The molecule has 2 N–H and O–H groups in total. The molecule has 0 aliphatic carbocycles. The van der Waals surface area contributed by atoms with E-state index in [-0.39, 0.29) is 11.8 Å². The molecule has 0 saturated heterocycles. The number of benzene rings is 1. The molecule has 0 saturated carbocycles. The number of hydrogen-bond acceptors (Lipinski definition) is 4. The molecule has 0 aliphatic rings. The number of ether oxygens (including phenoxy) is 1. The van der Waals surface area contributed by atoms with Crippen LogP contribution >= 0.6 is 0 Å². The standard InChI is InChI=1S/C14H18F2N4O/c1-2-6-20-13(18-9-19-20)8-12(17)10-4-3-5-11(7-10)21-14(15)16/h3-5,7,9,12,14H,2,6,8,17H2,1H3. The zero-order valence-electron chi connectivity index (χ0n) is 11.7. The predicted octanol–water partition coefficient (Wildman–Crippen LogP) is 2.53. The van der Waals surface area contributed by atoms with Gasteiger partial charge >= 0.3 is 6.61 Å². The van der Waals surface area contributed by atoms with Crippen LogP contribution in [0.2, 0.25) is 0 Å². The van der Waals surface area contributed by atoms with Crippen molar-refractivity contribution in [3.8, 4) is 5.75 Å². The number of aryl methyl sites for hydroxylation is 1. The molecule has 0 radical (unpaired) electrons. The van der Waals surface area contributed by atoms with Gasteiger partial charge in [-0.1, -0.05) is 19.1 Å². The van der Waals surface area contributed by atoms with Gasteiger partial charge in [0.25, 0.3) is 0 Å². The Morgan fingerprint density at radius 1 is 1.38 bits per heavy atom. The third-order valence-electron chi connectivity index (χ3n) is 3.05. The maximum absolute atomic E-state index is 12.2. The van der Waals surface area contributed by atoms with Crippen LogP contribution in [0.3, 0.4) is 0 Å². The van der Waals surface area contributed by atoms with Crippen molar-refractivity contribution in [3.05, 3.63) is 42.0 Å². The third kappa shape index (κ3) is 4.22. The summed E-state index contributed by atoms with van der Waals surface area (Å²) >= 11 is 0. The zero-order chi connectivity index (χ0) is 15.2. The van der Waals surface area contributed by atoms with Crippen molar-refractivity contribution in [2.24, 2.45) is 5.73 Å². The lowest BCUT2D eigenvalue weighted by atomic mass is 10.0. The highest BCUT2D eigenvalue weighted by Crippen LogP contribution is 2.21. The summed E-state index contributed by atoms with van der Waals surface area (Å²) in [6, 6.07) is 6.07. The smallest absolute Gasteiger partial charge is 0.387 e. The Balaban J connectivity index is 2.09. The molecule has 2 aromatic rings. The first-order chi connectivity index (χ1) is 10.1. The van der Waals surface area contributed by atoms with Crippen LogP contribution in [0, 0.1) is 0 Å². The van der Waals surface area contributed by atoms with Crippen LogP contribution in [-0.4, -0.2) is 21.4 Å². The van der Waals surface area contributed by atoms with Crippen LogP contribution in [-0.2, 0) is 13.0 Å². The van der Waals surface area contributed by atoms with Crippen LogP contribution in [0.4, 0.5) is 8.78 Å². The highest BCUT2D eigenvalue weighted by molar-refractivity contribution is 5.30. The monoisotopic (exact) mass is 296 g/mol. The minimum absolute atomic E-state index is 0.105. The summed E-state index contributed by atoms with van der Waals surface area (Å²) in [6.07, 6.45) is 2.93. The van der Waals surface area contributed by atoms with Gasteiger partial charge < -0.3 is 10.5 Å². The Labute approximate surface area is 121 Å². The Bertz CT molecular complexity index is 574. The van der Waals surface area contributed by atoms with E-state index in [9.17, 15) is 8.78 Å². The lowest BCUT2D eigenvalue weighted by molar-refractivity contribution is -0.0499. The summed E-state index contributed by atoms with van der Waals surface area (Å²) in [7, 11) is 0. The lowest BCUT2D eigenvalue weighted by Crippen LogP contribution is -2.17. The Morgan fingerprint density at radius 3 is 2.90 bits per heavy atom. The van der Waals surface area contributed by atoms with Crippen molar-refractivity contribution in [2.75, 3.05) is 0 Å². The fraction of sp³-hybridized carbons (Fsp3) is 0.429. The van der Waals surface area contributed by atoms with E-state index in [1.165, 1.54) is 18.5 Å². The second kappa shape index (κ2) is 7.12. The number of nitrogens with two attached hydrogens (primary N) is 1. The third-order valence-corrected chi connectivity index (χ3v) is 3.05. The van der Waals surface area contributed by atoms with Crippen molar-refractivity contribution >= 4 is 0 Å². The first-order valence-corrected chi connectivity index (χ1v) is 6.77. The molecule has 114 valence electrons. The van der Waals surface area contributed by atoms with Gasteiger partial charge in [-0.25, -0.2) is 4.98 Å². The van der Waals surface area contributed by atoms with Crippen molar-refractivity contribution in [1.82, 2.24) is 14.8 Å². The maximum atomic E-state index is 12.2. The Kier molecular flexibility index (Phi) is 5.21. The molecule has 1 aromatic heterocycles. The van der Waals surface area contributed by atoms with Gasteiger partial charge in [0.15, 0.2) is 0 Å². The molecule has 0 amide bonds. The molecule has 0 spiro atoms. The molecular formula is C14H18F2N4O. The number of halogens is 2. The van der Waals surface area contributed by atoms with Crippen LogP contribution in [0.25, 0.3) is 0 Å². The molecule has 0 bridgehead atoms. The van der Waals surface area contributed by atoms with E-state index in [0.29, 0.717) is 6.42 Å². The van der Waals surface area contributed by atoms with E-state index < -0.39 is 6.61 Å². The lowest BCUT2D eigenvalue weighted by Gasteiger charge is -2.14. The molecule has 2 rings (SSSR count). The summed E-state index contributed by atoms with van der Waals surface area (Å²) in [5.41, 5.74) is 6.85. The van der Waals surface area contributed by atoms with Gasteiger partial charge in [0.2, 0.25) is 0 Å². The van der Waals surface area contributed by atoms with Crippen LogP contribution in [0.5, 0.6) is 5.75 Å². The second-order valence-corrected chi connectivity index (χ2v) is 4.66. The van der Waals surface area contributed by atoms with Crippen molar-refractivity contribution in [2.45, 2.75) is 39.0 Å². The minimum atomic E-state index is -2.84. The predicted molar refractivity (Wildman–Crippen MR) is 74.0 cm³/mol.